The van der Waals surface area contributed by atoms with Crippen molar-refractivity contribution in [1.82, 2.24) is 0 Å². The van der Waals surface area contributed by atoms with Crippen molar-refractivity contribution in [2.75, 3.05) is 0 Å². The van der Waals surface area contributed by atoms with Crippen LogP contribution in [0.2, 0.25) is 0 Å². The quantitative estimate of drug-likeness (QED) is 0.478. The van der Waals surface area contributed by atoms with Gasteiger partial charge in [-0.1, -0.05) is 0 Å². The van der Waals surface area contributed by atoms with E-state index in [0.717, 1.165) is 0 Å². The van der Waals surface area contributed by atoms with E-state index in [1.54, 1.807) is 0 Å². The third kappa shape index (κ3) is 2.06. The molecule has 1 unspecified atom stereocenters. The predicted molar refractivity (Wildman–Crippen MR) is 40.7 cm³/mol. The minimum Gasteiger partial charge on any atom is -0.451 e. The number of furan rings is 1. The van der Waals surface area contributed by atoms with Gasteiger partial charge < -0.3 is 9.15 Å². The molecule has 0 fully saturated rings. The number of nitrogens with zero attached hydrogens (tertiary/aromatic N) is 1. The first-order valence-electron chi connectivity index (χ1n) is 2.67. The summed E-state index contributed by atoms with van der Waals surface area (Å²) in [6, 6.07) is 2.84. The number of carbonyl (C=O) groups excluding carboxylic acids is 1. The van der Waals surface area contributed by atoms with Crippen LogP contribution in [0.1, 0.15) is 0 Å². The highest BCUT2D eigenvalue weighted by Gasteiger charge is 2.03. The summed E-state index contributed by atoms with van der Waals surface area (Å²) >= 11 is 0. The van der Waals surface area contributed by atoms with Crippen LogP contribution >= 0.6 is 9.24 Å². The smallest absolute Gasteiger partial charge is 0.348 e. The van der Waals surface area contributed by atoms with E-state index in [4.69, 9.17) is 11.0 Å². The Labute approximate surface area is 65.2 Å². The number of ether oxygens (including phenoxy) is 1. The molecule has 1 heterocycles. The fourth-order valence-corrected chi connectivity index (χ4v) is 0.641. The predicted octanol–water partition coefficient (Wildman–Crippen LogP) is 2.20. The fraction of sp³-hybridized carbons (Fsp3) is 0. The van der Waals surface area contributed by atoms with Gasteiger partial charge in [0.2, 0.25) is 0 Å². The highest BCUT2D eigenvalue weighted by atomic mass is 31.0. The van der Waals surface area contributed by atoms with Crippen LogP contribution in [0.25, 0.3) is 4.85 Å². The molecule has 0 bridgehead atoms. The summed E-state index contributed by atoms with van der Waals surface area (Å²) in [6.45, 7) is 6.53. The zero-order valence-electron chi connectivity index (χ0n) is 5.40. The Morgan fingerprint density at radius 3 is 2.91 bits per heavy atom. The van der Waals surface area contributed by atoms with Crippen molar-refractivity contribution in [3.05, 3.63) is 23.5 Å². The van der Waals surface area contributed by atoms with Crippen LogP contribution in [0, 0.1) is 6.57 Å². The van der Waals surface area contributed by atoms with E-state index in [1.165, 1.54) is 12.1 Å². The highest BCUT2D eigenvalue weighted by Crippen LogP contribution is 2.23. The Bertz CT molecular complexity index is 312. The number of rotatable bonds is 1. The summed E-state index contributed by atoms with van der Waals surface area (Å²) in [5.74, 6) is 0.141. The zero-order valence-corrected chi connectivity index (χ0v) is 6.56. The molecule has 0 aliphatic rings. The summed E-state index contributed by atoms with van der Waals surface area (Å²) in [5, 5.41) is 0. The maximum atomic E-state index is 10.3. The number of hydrogen-bond acceptors (Lipinski definition) is 3. The average Bonchev–Trinajstić information content (AvgIpc) is 2.34. The SMILES string of the molecule is [C-]#[N+]c1ccc(OC(=O)P)o1. The van der Waals surface area contributed by atoms with Crippen molar-refractivity contribution < 1.29 is 13.9 Å². The average molecular weight is 169 g/mol. The second kappa shape index (κ2) is 3.18. The van der Waals surface area contributed by atoms with Crippen molar-refractivity contribution in [3.63, 3.8) is 0 Å². The van der Waals surface area contributed by atoms with Gasteiger partial charge in [-0.3, -0.25) is 0 Å². The van der Waals surface area contributed by atoms with Gasteiger partial charge in [-0.15, -0.1) is 0 Å². The minimum atomic E-state index is -0.545. The first kappa shape index (κ1) is 7.77. The molecule has 1 aromatic rings. The van der Waals surface area contributed by atoms with Gasteiger partial charge in [-0.25, -0.2) is 4.79 Å². The maximum absolute atomic E-state index is 10.3. The molecule has 0 aromatic carbocycles. The lowest BCUT2D eigenvalue weighted by atomic mass is 10.6. The summed E-state index contributed by atoms with van der Waals surface area (Å²) in [5.41, 5.74) is -0.545. The molecule has 1 rings (SSSR count). The lowest BCUT2D eigenvalue weighted by molar-refractivity contribution is 0.215. The van der Waals surface area contributed by atoms with E-state index in [2.05, 4.69) is 9.58 Å². The first-order valence-corrected chi connectivity index (χ1v) is 3.24. The lowest BCUT2D eigenvalue weighted by Crippen LogP contribution is -1.92. The van der Waals surface area contributed by atoms with Crippen LogP contribution in [-0.2, 0) is 0 Å². The highest BCUT2D eigenvalue weighted by molar-refractivity contribution is 7.39. The van der Waals surface area contributed by atoms with Gasteiger partial charge in [0.25, 0.3) is 5.95 Å². The fourth-order valence-electron chi connectivity index (χ4n) is 0.525. The Morgan fingerprint density at radius 2 is 2.45 bits per heavy atom. The summed E-state index contributed by atoms with van der Waals surface area (Å²) in [7, 11) is 1.83. The van der Waals surface area contributed by atoms with Crippen LogP contribution in [0.15, 0.2) is 16.5 Å². The van der Waals surface area contributed by atoms with E-state index < -0.39 is 5.71 Å². The van der Waals surface area contributed by atoms with E-state index >= 15 is 0 Å². The second-order valence-corrected chi connectivity index (χ2v) is 2.10. The molecular weight excluding hydrogens is 165 g/mol. The monoisotopic (exact) mass is 169 g/mol. The third-order valence-corrected chi connectivity index (χ3v) is 0.996. The molecule has 1 aromatic heterocycles. The molecule has 0 aliphatic heterocycles. The van der Waals surface area contributed by atoms with Gasteiger partial charge in [-0.05, 0) is 15.3 Å². The Morgan fingerprint density at radius 1 is 1.73 bits per heavy atom. The van der Waals surface area contributed by atoms with Gasteiger partial charge >= 0.3 is 11.6 Å². The molecule has 0 amide bonds. The summed E-state index contributed by atoms with van der Waals surface area (Å²) in [4.78, 5) is 13.3. The molecule has 0 spiro atoms. The molecule has 11 heavy (non-hydrogen) atoms. The maximum Gasteiger partial charge on any atom is 0.348 e. The molecular formula is C6H4NO3P. The molecule has 56 valence electrons. The number of hydrogen-bond donors (Lipinski definition) is 0. The largest absolute Gasteiger partial charge is 0.451 e. The van der Waals surface area contributed by atoms with Gasteiger partial charge in [0.15, 0.2) is 0 Å². The van der Waals surface area contributed by atoms with Crippen LogP contribution in [0.5, 0.6) is 5.95 Å². The molecule has 0 saturated heterocycles. The minimum absolute atomic E-state index is 0.0380. The summed E-state index contributed by atoms with van der Waals surface area (Å²) < 4.78 is 9.24. The van der Waals surface area contributed by atoms with E-state index in [-0.39, 0.29) is 11.8 Å². The van der Waals surface area contributed by atoms with Gasteiger partial charge in [0, 0.05) is 6.07 Å². The van der Waals surface area contributed by atoms with Gasteiger partial charge in [-0.2, -0.15) is 4.85 Å². The van der Waals surface area contributed by atoms with Crippen LogP contribution in [0.3, 0.4) is 0 Å². The molecule has 0 aliphatic carbocycles. The lowest BCUT2D eigenvalue weighted by Gasteiger charge is -1.92. The topological polar surface area (TPSA) is 43.8 Å². The standard InChI is InChI=1S/C6H4NO3P/c1-7-4-2-3-5(9-4)10-6(8)11/h2-3H,11H2. The van der Waals surface area contributed by atoms with Gasteiger partial charge in [0.05, 0.1) is 6.57 Å². The van der Waals surface area contributed by atoms with E-state index in [0.29, 0.717) is 0 Å². The Hall–Kier alpha value is -1.33. The first-order chi connectivity index (χ1) is 5.22. The van der Waals surface area contributed by atoms with Crippen LogP contribution in [0.4, 0.5) is 10.7 Å². The third-order valence-electron chi connectivity index (χ3n) is 0.879. The zero-order chi connectivity index (χ0) is 8.27. The van der Waals surface area contributed by atoms with Crippen molar-refractivity contribution in [1.29, 1.82) is 0 Å². The molecule has 0 saturated carbocycles. The molecule has 4 nitrogen and oxygen atoms in total. The van der Waals surface area contributed by atoms with Crippen molar-refractivity contribution >= 4 is 20.8 Å². The molecule has 1 atom stereocenters. The van der Waals surface area contributed by atoms with Crippen LogP contribution in [-0.4, -0.2) is 5.71 Å². The van der Waals surface area contributed by atoms with Gasteiger partial charge in [0.1, 0.15) is 0 Å². The van der Waals surface area contributed by atoms with Crippen molar-refractivity contribution in [3.8, 4) is 5.95 Å². The number of carbonyl (C=O) groups is 1. The molecule has 0 radical (unpaired) electrons. The van der Waals surface area contributed by atoms with Crippen molar-refractivity contribution in [2.24, 2.45) is 0 Å². The molecule has 0 N–H and O–H groups in total. The Balaban J connectivity index is 2.75. The molecule has 5 heteroatoms. The summed E-state index contributed by atoms with van der Waals surface area (Å²) in [6.07, 6.45) is 0. The van der Waals surface area contributed by atoms with E-state index in [9.17, 15) is 4.79 Å². The Kier molecular flexibility index (Phi) is 2.25. The van der Waals surface area contributed by atoms with Crippen molar-refractivity contribution in [2.45, 2.75) is 0 Å². The van der Waals surface area contributed by atoms with Crippen LogP contribution < -0.4 is 4.74 Å². The normalized spacial score (nSPS) is 8.73. The second-order valence-electron chi connectivity index (χ2n) is 1.63. The van der Waals surface area contributed by atoms with E-state index in [1.807, 2.05) is 9.24 Å².